The van der Waals surface area contributed by atoms with Crippen molar-refractivity contribution in [1.82, 2.24) is 4.90 Å². The molecule has 1 aliphatic carbocycles. The fourth-order valence-electron chi connectivity index (χ4n) is 2.23. The largest absolute Gasteiger partial charge is 0.340 e. The van der Waals surface area contributed by atoms with E-state index < -0.39 is 5.67 Å². The molecule has 1 rings (SSSR count). The summed E-state index contributed by atoms with van der Waals surface area (Å²) >= 11 is 0. The van der Waals surface area contributed by atoms with Crippen molar-refractivity contribution >= 4 is 5.91 Å². The summed E-state index contributed by atoms with van der Waals surface area (Å²) in [6.07, 6.45) is 5.61. The standard InChI is InChI=1S/C13H24FNO/c1-10(2)13(3,14)12(16)15(4)11-8-6-5-7-9-11/h10-11H,5-9H2,1-4H3. The van der Waals surface area contributed by atoms with Crippen molar-refractivity contribution in [3.8, 4) is 0 Å². The Morgan fingerprint density at radius 3 is 2.25 bits per heavy atom. The molecular weight excluding hydrogens is 205 g/mol. The van der Waals surface area contributed by atoms with E-state index in [9.17, 15) is 9.18 Å². The van der Waals surface area contributed by atoms with Crippen molar-refractivity contribution in [1.29, 1.82) is 0 Å². The summed E-state index contributed by atoms with van der Waals surface area (Å²) < 4.78 is 14.2. The first-order chi connectivity index (χ1) is 7.37. The molecule has 0 aromatic carbocycles. The third-order valence-electron chi connectivity index (χ3n) is 3.95. The summed E-state index contributed by atoms with van der Waals surface area (Å²) in [7, 11) is 1.75. The van der Waals surface area contributed by atoms with Crippen LogP contribution >= 0.6 is 0 Å². The van der Waals surface area contributed by atoms with E-state index in [1.807, 2.05) is 0 Å². The molecule has 0 radical (unpaired) electrons. The second-order valence-electron chi connectivity index (χ2n) is 5.44. The molecule has 2 nitrogen and oxygen atoms in total. The van der Waals surface area contributed by atoms with Crippen LogP contribution < -0.4 is 0 Å². The van der Waals surface area contributed by atoms with E-state index in [1.165, 1.54) is 13.3 Å². The Labute approximate surface area is 98.2 Å². The molecule has 94 valence electrons. The minimum Gasteiger partial charge on any atom is -0.340 e. The van der Waals surface area contributed by atoms with Gasteiger partial charge in [-0.1, -0.05) is 33.1 Å². The highest BCUT2D eigenvalue weighted by atomic mass is 19.1. The first kappa shape index (κ1) is 13.5. The lowest BCUT2D eigenvalue weighted by Crippen LogP contribution is -2.50. The molecule has 0 heterocycles. The average Bonchev–Trinajstić information content (AvgIpc) is 2.28. The van der Waals surface area contributed by atoms with Crippen molar-refractivity contribution in [2.75, 3.05) is 7.05 Å². The zero-order valence-corrected chi connectivity index (χ0v) is 10.9. The number of nitrogens with zero attached hydrogens (tertiary/aromatic N) is 1. The predicted molar refractivity (Wildman–Crippen MR) is 64.0 cm³/mol. The van der Waals surface area contributed by atoms with E-state index in [-0.39, 0.29) is 17.9 Å². The molecule has 16 heavy (non-hydrogen) atoms. The van der Waals surface area contributed by atoms with Gasteiger partial charge in [0.05, 0.1) is 0 Å². The predicted octanol–water partition coefficient (Wildman–Crippen LogP) is 3.16. The van der Waals surface area contributed by atoms with Gasteiger partial charge in [-0.3, -0.25) is 4.79 Å². The fraction of sp³-hybridized carbons (Fsp3) is 0.923. The number of alkyl halides is 1. The molecule has 1 saturated carbocycles. The summed E-state index contributed by atoms with van der Waals surface area (Å²) in [5.41, 5.74) is -1.73. The molecule has 0 aromatic heterocycles. The smallest absolute Gasteiger partial charge is 0.260 e. The summed E-state index contributed by atoms with van der Waals surface area (Å²) in [5.74, 6) is -0.625. The van der Waals surface area contributed by atoms with Gasteiger partial charge in [-0.15, -0.1) is 0 Å². The molecule has 1 unspecified atom stereocenters. The van der Waals surface area contributed by atoms with E-state index in [0.717, 1.165) is 25.7 Å². The van der Waals surface area contributed by atoms with Gasteiger partial charge in [-0.25, -0.2) is 4.39 Å². The maximum absolute atomic E-state index is 14.2. The maximum Gasteiger partial charge on any atom is 0.260 e. The normalized spacial score (nSPS) is 21.9. The van der Waals surface area contributed by atoms with Crippen LogP contribution in [0.1, 0.15) is 52.9 Å². The maximum atomic E-state index is 14.2. The number of hydrogen-bond acceptors (Lipinski definition) is 1. The minimum absolute atomic E-state index is 0.245. The summed E-state index contributed by atoms with van der Waals surface area (Å²) in [6, 6.07) is 0.245. The van der Waals surface area contributed by atoms with Gasteiger partial charge in [-0.05, 0) is 25.7 Å². The highest BCUT2D eigenvalue weighted by Crippen LogP contribution is 2.28. The fourth-order valence-corrected chi connectivity index (χ4v) is 2.23. The Morgan fingerprint density at radius 2 is 1.81 bits per heavy atom. The number of amides is 1. The van der Waals surface area contributed by atoms with E-state index in [1.54, 1.807) is 25.8 Å². The van der Waals surface area contributed by atoms with Crippen LogP contribution in [0.5, 0.6) is 0 Å². The second kappa shape index (κ2) is 5.15. The van der Waals surface area contributed by atoms with Crippen LogP contribution in [-0.2, 0) is 4.79 Å². The first-order valence-electron chi connectivity index (χ1n) is 6.33. The molecule has 0 aromatic rings. The van der Waals surface area contributed by atoms with Crippen molar-refractivity contribution in [2.45, 2.75) is 64.6 Å². The van der Waals surface area contributed by atoms with Crippen molar-refractivity contribution in [2.24, 2.45) is 5.92 Å². The van der Waals surface area contributed by atoms with E-state index in [0.29, 0.717) is 0 Å². The van der Waals surface area contributed by atoms with Crippen LogP contribution in [0.25, 0.3) is 0 Å². The quantitative estimate of drug-likeness (QED) is 0.728. The Balaban J connectivity index is 2.65. The SMILES string of the molecule is CC(C)C(C)(F)C(=O)N(C)C1CCCCC1. The number of rotatable bonds is 3. The Kier molecular flexibility index (Phi) is 4.34. The molecule has 1 amide bonds. The van der Waals surface area contributed by atoms with Crippen molar-refractivity contribution < 1.29 is 9.18 Å². The minimum atomic E-state index is -1.73. The zero-order chi connectivity index (χ0) is 12.3. The number of carbonyl (C=O) groups excluding carboxylic acids is 1. The molecule has 0 spiro atoms. The number of halogens is 1. The molecule has 1 atom stereocenters. The Hall–Kier alpha value is -0.600. The van der Waals surface area contributed by atoms with Crippen LogP contribution in [0.3, 0.4) is 0 Å². The van der Waals surface area contributed by atoms with Crippen LogP contribution in [0.2, 0.25) is 0 Å². The molecule has 0 bridgehead atoms. The average molecular weight is 229 g/mol. The molecule has 0 N–H and O–H groups in total. The van der Waals surface area contributed by atoms with Gasteiger partial charge in [0, 0.05) is 13.1 Å². The number of carbonyl (C=O) groups is 1. The molecule has 1 aliphatic rings. The molecule has 0 saturated heterocycles. The molecule has 0 aliphatic heterocycles. The van der Waals surface area contributed by atoms with Gasteiger partial charge in [0.1, 0.15) is 0 Å². The van der Waals surface area contributed by atoms with Gasteiger partial charge in [0.15, 0.2) is 5.67 Å². The highest BCUT2D eigenvalue weighted by molar-refractivity contribution is 5.85. The lowest BCUT2D eigenvalue weighted by atomic mass is 9.90. The zero-order valence-electron chi connectivity index (χ0n) is 10.9. The van der Waals surface area contributed by atoms with Crippen molar-refractivity contribution in [3.63, 3.8) is 0 Å². The first-order valence-corrected chi connectivity index (χ1v) is 6.33. The van der Waals surface area contributed by atoms with Crippen LogP contribution in [0.15, 0.2) is 0 Å². The van der Waals surface area contributed by atoms with E-state index >= 15 is 0 Å². The molecule has 3 heteroatoms. The van der Waals surface area contributed by atoms with Gasteiger partial charge in [0.25, 0.3) is 5.91 Å². The van der Waals surface area contributed by atoms with E-state index in [4.69, 9.17) is 0 Å². The third kappa shape index (κ3) is 2.74. The van der Waals surface area contributed by atoms with Gasteiger partial charge < -0.3 is 4.90 Å². The van der Waals surface area contributed by atoms with Crippen molar-refractivity contribution in [3.05, 3.63) is 0 Å². The highest BCUT2D eigenvalue weighted by Gasteiger charge is 2.40. The Bertz CT molecular complexity index is 244. The monoisotopic (exact) mass is 229 g/mol. The van der Waals surface area contributed by atoms with E-state index in [2.05, 4.69) is 0 Å². The molecule has 1 fully saturated rings. The van der Waals surface area contributed by atoms with Crippen LogP contribution in [0, 0.1) is 5.92 Å². The summed E-state index contributed by atoms with van der Waals surface area (Å²) in [5, 5.41) is 0. The van der Waals surface area contributed by atoms with Crippen LogP contribution in [0.4, 0.5) is 4.39 Å². The Morgan fingerprint density at radius 1 is 1.31 bits per heavy atom. The lowest BCUT2D eigenvalue weighted by molar-refractivity contribution is -0.147. The molecular formula is C13H24FNO. The number of hydrogen-bond donors (Lipinski definition) is 0. The summed E-state index contributed by atoms with van der Waals surface area (Å²) in [6.45, 7) is 4.92. The topological polar surface area (TPSA) is 20.3 Å². The van der Waals surface area contributed by atoms with Gasteiger partial charge in [0.2, 0.25) is 0 Å². The second-order valence-corrected chi connectivity index (χ2v) is 5.44. The third-order valence-corrected chi connectivity index (χ3v) is 3.95. The van der Waals surface area contributed by atoms with Gasteiger partial charge >= 0.3 is 0 Å². The van der Waals surface area contributed by atoms with Crippen LogP contribution in [-0.4, -0.2) is 29.6 Å². The van der Waals surface area contributed by atoms with Gasteiger partial charge in [-0.2, -0.15) is 0 Å². The lowest BCUT2D eigenvalue weighted by Gasteiger charge is -2.36. The summed E-state index contributed by atoms with van der Waals surface area (Å²) in [4.78, 5) is 13.7.